The standard InChI is InChI=1S/C12H11Cl2N3O2/c1-5-9(11(15)18)10(17-12(19)16-5)7-3-2-6(13)4-8(7)14/h2-4,10H,1H3,(H2,15,18)(H2,16,17,19)/t10-/m0/s1. The molecule has 1 aromatic carbocycles. The molecule has 100 valence electrons. The van der Waals surface area contributed by atoms with Crippen LogP contribution in [-0.4, -0.2) is 11.9 Å². The molecule has 1 heterocycles. The fourth-order valence-electron chi connectivity index (χ4n) is 1.99. The van der Waals surface area contributed by atoms with E-state index < -0.39 is 18.0 Å². The predicted octanol–water partition coefficient (Wildman–Crippen LogP) is 2.11. The maximum absolute atomic E-state index is 11.5. The molecule has 0 fully saturated rings. The number of carbonyl (C=O) groups excluding carboxylic acids is 2. The molecular weight excluding hydrogens is 289 g/mol. The van der Waals surface area contributed by atoms with E-state index >= 15 is 0 Å². The van der Waals surface area contributed by atoms with Crippen molar-refractivity contribution in [3.05, 3.63) is 45.1 Å². The van der Waals surface area contributed by atoms with Crippen LogP contribution in [0.25, 0.3) is 0 Å². The Labute approximate surface area is 119 Å². The summed E-state index contributed by atoms with van der Waals surface area (Å²) >= 11 is 11.9. The van der Waals surface area contributed by atoms with E-state index in [2.05, 4.69) is 10.6 Å². The molecule has 0 bridgehead atoms. The zero-order valence-corrected chi connectivity index (χ0v) is 11.5. The lowest BCUT2D eigenvalue weighted by atomic mass is 9.95. The summed E-state index contributed by atoms with van der Waals surface area (Å²) in [5.74, 6) is -0.624. The number of hydrogen-bond acceptors (Lipinski definition) is 2. The van der Waals surface area contributed by atoms with E-state index in [0.29, 0.717) is 21.3 Å². The van der Waals surface area contributed by atoms with Gasteiger partial charge in [-0.25, -0.2) is 4.79 Å². The number of rotatable bonds is 2. The minimum absolute atomic E-state index is 0.267. The first-order valence-electron chi connectivity index (χ1n) is 5.43. The number of allylic oxidation sites excluding steroid dienone is 1. The number of urea groups is 1. The van der Waals surface area contributed by atoms with Crippen LogP contribution >= 0.6 is 23.2 Å². The molecule has 1 atom stereocenters. The van der Waals surface area contributed by atoms with Gasteiger partial charge in [-0.15, -0.1) is 0 Å². The second-order valence-corrected chi connectivity index (χ2v) is 4.94. The van der Waals surface area contributed by atoms with Crippen molar-refractivity contribution in [3.8, 4) is 0 Å². The predicted molar refractivity (Wildman–Crippen MR) is 72.8 cm³/mol. The third-order valence-electron chi connectivity index (χ3n) is 2.81. The number of amides is 3. The van der Waals surface area contributed by atoms with Crippen LogP contribution in [0.1, 0.15) is 18.5 Å². The van der Waals surface area contributed by atoms with Crippen LogP contribution in [0.3, 0.4) is 0 Å². The smallest absolute Gasteiger partial charge is 0.319 e. The molecule has 0 aromatic heterocycles. The number of primary amides is 1. The Hall–Kier alpha value is -1.72. The van der Waals surface area contributed by atoms with Crippen molar-refractivity contribution in [1.29, 1.82) is 0 Å². The number of nitrogens with two attached hydrogens (primary N) is 1. The van der Waals surface area contributed by atoms with Crippen molar-refractivity contribution >= 4 is 35.1 Å². The highest BCUT2D eigenvalue weighted by atomic mass is 35.5. The minimum atomic E-state index is -0.684. The fraction of sp³-hybridized carbons (Fsp3) is 0.167. The van der Waals surface area contributed by atoms with Gasteiger partial charge in [0.05, 0.1) is 11.6 Å². The lowest BCUT2D eigenvalue weighted by Gasteiger charge is -2.28. The topological polar surface area (TPSA) is 84.2 Å². The molecule has 0 saturated heterocycles. The number of hydrogen-bond donors (Lipinski definition) is 3. The molecule has 5 nitrogen and oxygen atoms in total. The van der Waals surface area contributed by atoms with Gasteiger partial charge in [-0.1, -0.05) is 29.3 Å². The van der Waals surface area contributed by atoms with Crippen LogP contribution in [-0.2, 0) is 4.79 Å². The molecule has 1 aliphatic heterocycles. The van der Waals surface area contributed by atoms with E-state index in [-0.39, 0.29) is 5.57 Å². The molecule has 0 aliphatic carbocycles. The van der Waals surface area contributed by atoms with Gasteiger partial charge in [0, 0.05) is 15.7 Å². The third-order valence-corrected chi connectivity index (χ3v) is 3.37. The molecule has 1 aliphatic rings. The quantitative estimate of drug-likeness (QED) is 0.781. The van der Waals surface area contributed by atoms with Gasteiger partial charge in [0.15, 0.2) is 0 Å². The summed E-state index contributed by atoms with van der Waals surface area (Å²) in [6, 6.07) is 3.72. The van der Waals surface area contributed by atoms with Gasteiger partial charge < -0.3 is 16.4 Å². The van der Waals surface area contributed by atoms with Gasteiger partial charge in [0.1, 0.15) is 0 Å². The van der Waals surface area contributed by atoms with Gasteiger partial charge in [0.25, 0.3) is 0 Å². The highest BCUT2D eigenvalue weighted by Crippen LogP contribution is 2.32. The number of nitrogens with one attached hydrogen (secondary N) is 2. The van der Waals surface area contributed by atoms with E-state index in [0.717, 1.165) is 0 Å². The highest BCUT2D eigenvalue weighted by molar-refractivity contribution is 6.35. The van der Waals surface area contributed by atoms with Crippen molar-refractivity contribution in [2.75, 3.05) is 0 Å². The molecule has 4 N–H and O–H groups in total. The number of carbonyl (C=O) groups is 2. The first-order valence-corrected chi connectivity index (χ1v) is 6.18. The van der Waals surface area contributed by atoms with Crippen molar-refractivity contribution in [3.63, 3.8) is 0 Å². The molecule has 0 saturated carbocycles. The van der Waals surface area contributed by atoms with Crippen LogP contribution in [0.4, 0.5) is 4.79 Å². The van der Waals surface area contributed by atoms with Crippen molar-refractivity contribution in [2.24, 2.45) is 5.73 Å². The van der Waals surface area contributed by atoms with E-state index in [1.807, 2.05) is 0 Å². The molecule has 7 heteroatoms. The summed E-state index contributed by atoms with van der Waals surface area (Å²) in [5.41, 5.74) is 6.59. The Bertz CT molecular complexity index is 599. The average molecular weight is 300 g/mol. The molecule has 3 amide bonds. The fourth-order valence-corrected chi connectivity index (χ4v) is 2.51. The Morgan fingerprint density at radius 3 is 2.63 bits per heavy atom. The third kappa shape index (κ3) is 2.67. The molecule has 2 rings (SSSR count). The van der Waals surface area contributed by atoms with Crippen molar-refractivity contribution in [1.82, 2.24) is 10.6 Å². The Kier molecular flexibility index (Phi) is 3.68. The second-order valence-electron chi connectivity index (χ2n) is 4.10. The van der Waals surface area contributed by atoms with E-state index in [1.165, 1.54) is 0 Å². The number of halogens is 2. The van der Waals surface area contributed by atoms with Gasteiger partial charge >= 0.3 is 6.03 Å². The van der Waals surface area contributed by atoms with Crippen LogP contribution in [0, 0.1) is 0 Å². The van der Waals surface area contributed by atoms with E-state index in [9.17, 15) is 9.59 Å². The summed E-state index contributed by atoms with van der Waals surface area (Å²) in [4.78, 5) is 23.1. The van der Waals surface area contributed by atoms with Crippen molar-refractivity contribution < 1.29 is 9.59 Å². The van der Waals surface area contributed by atoms with Crippen molar-refractivity contribution in [2.45, 2.75) is 13.0 Å². The average Bonchev–Trinajstić information content (AvgIpc) is 2.26. The molecule has 0 radical (unpaired) electrons. The highest BCUT2D eigenvalue weighted by Gasteiger charge is 2.31. The summed E-state index contributed by atoms with van der Waals surface area (Å²) in [6.07, 6.45) is 0. The minimum Gasteiger partial charge on any atom is -0.366 e. The van der Waals surface area contributed by atoms with Gasteiger partial charge in [-0.05, 0) is 24.6 Å². The summed E-state index contributed by atoms with van der Waals surface area (Å²) < 4.78 is 0. The normalized spacial score (nSPS) is 18.9. The second kappa shape index (κ2) is 5.11. The Balaban J connectivity index is 2.55. The first kappa shape index (κ1) is 13.7. The lowest BCUT2D eigenvalue weighted by molar-refractivity contribution is -0.115. The zero-order chi connectivity index (χ0) is 14.2. The summed E-state index contributed by atoms with van der Waals surface area (Å²) in [6.45, 7) is 1.61. The van der Waals surface area contributed by atoms with E-state index in [4.69, 9.17) is 28.9 Å². The Morgan fingerprint density at radius 1 is 1.37 bits per heavy atom. The zero-order valence-electron chi connectivity index (χ0n) is 9.96. The molecule has 19 heavy (non-hydrogen) atoms. The largest absolute Gasteiger partial charge is 0.366 e. The Morgan fingerprint density at radius 2 is 2.05 bits per heavy atom. The maximum atomic E-state index is 11.5. The molecule has 1 aromatic rings. The number of benzene rings is 1. The maximum Gasteiger partial charge on any atom is 0.319 e. The van der Waals surface area contributed by atoms with Gasteiger partial charge in [-0.2, -0.15) is 0 Å². The van der Waals surface area contributed by atoms with Crippen LogP contribution in [0.2, 0.25) is 10.0 Å². The first-order chi connectivity index (χ1) is 8.90. The lowest BCUT2D eigenvalue weighted by Crippen LogP contribution is -2.46. The van der Waals surface area contributed by atoms with Gasteiger partial charge in [0.2, 0.25) is 5.91 Å². The molecule has 0 spiro atoms. The van der Waals surface area contributed by atoms with Gasteiger partial charge in [-0.3, -0.25) is 4.79 Å². The molecule has 0 unspecified atom stereocenters. The van der Waals surface area contributed by atoms with E-state index in [1.54, 1.807) is 25.1 Å². The molecular formula is C12H11Cl2N3O2. The van der Waals surface area contributed by atoms with Crippen LogP contribution in [0.5, 0.6) is 0 Å². The monoisotopic (exact) mass is 299 g/mol. The summed E-state index contributed by atoms with van der Waals surface area (Å²) in [7, 11) is 0. The van der Waals surface area contributed by atoms with Crippen LogP contribution in [0.15, 0.2) is 29.5 Å². The SMILES string of the molecule is CC1=C(C(N)=O)[C@H](c2ccc(Cl)cc2Cl)NC(=O)N1. The summed E-state index contributed by atoms with van der Waals surface area (Å²) in [5, 5.41) is 5.94. The van der Waals surface area contributed by atoms with Crippen LogP contribution < -0.4 is 16.4 Å².